The molecule has 1 unspecified atom stereocenters. The smallest absolute Gasteiger partial charge is 0.00198 e. The lowest BCUT2D eigenvalue weighted by Crippen LogP contribution is -2.34. The Hall–Kier alpha value is -0.390. The summed E-state index contributed by atoms with van der Waals surface area (Å²) in [7, 11) is -0.229. The van der Waals surface area contributed by atoms with E-state index in [0.717, 1.165) is 13.1 Å². The molecule has 0 saturated heterocycles. The average Bonchev–Trinajstić information content (AvgIpc) is 2.36. The molecule has 0 aliphatic carbocycles. The molecule has 0 fully saturated rings. The van der Waals surface area contributed by atoms with E-state index in [1.54, 1.807) is 0 Å². The maximum atomic E-state index is 2.63. The van der Waals surface area contributed by atoms with Gasteiger partial charge in [0.2, 0.25) is 0 Å². The van der Waals surface area contributed by atoms with Crippen LogP contribution < -0.4 is 5.30 Å². The van der Waals surface area contributed by atoms with Crippen molar-refractivity contribution >= 4 is 13.4 Å². The summed E-state index contributed by atoms with van der Waals surface area (Å²) in [6, 6.07) is 11.0. The van der Waals surface area contributed by atoms with Crippen molar-refractivity contribution in [2.24, 2.45) is 0 Å². The Labute approximate surface area is 108 Å². The van der Waals surface area contributed by atoms with Crippen LogP contribution in [-0.2, 0) is 0 Å². The molecule has 1 nitrogen and oxygen atoms in total. The van der Waals surface area contributed by atoms with Crippen LogP contribution in [0.5, 0.6) is 0 Å². The molecule has 0 radical (unpaired) electrons. The zero-order valence-corrected chi connectivity index (χ0v) is 12.8. The van der Waals surface area contributed by atoms with Crippen LogP contribution in [0.15, 0.2) is 30.3 Å². The van der Waals surface area contributed by atoms with E-state index in [1.165, 1.54) is 11.7 Å². The summed E-state index contributed by atoms with van der Waals surface area (Å²) in [5.74, 6) is 0. The third-order valence-corrected chi connectivity index (χ3v) is 6.83. The summed E-state index contributed by atoms with van der Waals surface area (Å²) in [6.45, 7) is 13.9. The fraction of sp³-hybridized carbons (Fsp3) is 0.600. The standard InChI is InChI=1S/C15H26NP/c1-6-15(4,5)17(16(7-2)8-3)14-12-10-9-11-13-14/h9-13H,6-8H2,1-5H3. The normalized spacial score (nSPS) is 14.0. The van der Waals surface area contributed by atoms with Crippen molar-refractivity contribution in [3.8, 4) is 0 Å². The summed E-state index contributed by atoms with van der Waals surface area (Å²) in [5, 5.41) is 1.89. The maximum absolute atomic E-state index is 2.63. The Morgan fingerprint density at radius 1 is 1.00 bits per heavy atom. The fourth-order valence-corrected chi connectivity index (χ4v) is 5.23. The van der Waals surface area contributed by atoms with Crippen LogP contribution in [-0.4, -0.2) is 22.9 Å². The Morgan fingerprint density at radius 2 is 1.53 bits per heavy atom. The first-order valence-electron chi connectivity index (χ1n) is 6.67. The molecule has 0 amide bonds. The third-order valence-electron chi connectivity index (χ3n) is 3.45. The van der Waals surface area contributed by atoms with Crippen molar-refractivity contribution in [1.82, 2.24) is 4.67 Å². The monoisotopic (exact) mass is 251 g/mol. The van der Waals surface area contributed by atoms with Crippen molar-refractivity contribution in [1.29, 1.82) is 0 Å². The van der Waals surface area contributed by atoms with Gasteiger partial charge in [0.1, 0.15) is 0 Å². The average molecular weight is 251 g/mol. The Balaban J connectivity index is 3.11. The second-order valence-corrected chi connectivity index (χ2v) is 7.87. The molecular formula is C15H26NP. The molecule has 96 valence electrons. The zero-order valence-electron chi connectivity index (χ0n) is 11.9. The number of hydrogen-bond acceptors (Lipinski definition) is 1. The lowest BCUT2D eigenvalue weighted by Gasteiger charge is -2.41. The minimum Gasteiger partial charge on any atom is -0.279 e. The summed E-state index contributed by atoms with van der Waals surface area (Å²) in [4.78, 5) is 0. The van der Waals surface area contributed by atoms with Gasteiger partial charge >= 0.3 is 0 Å². The van der Waals surface area contributed by atoms with Crippen LogP contribution in [0.4, 0.5) is 0 Å². The third kappa shape index (κ3) is 3.53. The highest BCUT2D eigenvalue weighted by Crippen LogP contribution is 2.52. The van der Waals surface area contributed by atoms with Gasteiger partial charge in [0, 0.05) is 13.2 Å². The summed E-state index contributed by atoms with van der Waals surface area (Å²) in [5.41, 5.74) is 0. The molecule has 17 heavy (non-hydrogen) atoms. The van der Waals surface area contributed by atoms with E-state index in [2.05, 4.69) is 69.6 Å². The van der Waals surface area contributed by atoms with Crippen LogP contribution in [0.1, 0.15) is 41.0 Å². The van der Waals surface area contributed by atoms with Crippen LogP contribution in [0, 0.1) is 0 Å². The lowest BCUT2D eigenvalue weighted by molar-refractivity contribution is 0.486. The zero-order chi connectivity index (χ0) is 12.9. The first-order valence-corrected chi connectivity index (χ1v) is 7.96. The van der Waals surface area contributed by atoms with Gasteiger partial charge in [0.15, 0.2) is 0 Å². The molecule has 0 aliphatic heterocycles. The van der Waals surface area contributed by atoms with Crippen molar-refractivity contribution in [2.45, 2.75) is 46.2 Å². The first kappa shape index (κ1) is 14.7. The van der Waals surface area contributed by atoms with E-state index < -0.39 is 0 Å². The number of rotatable bonds is 6. The number of hydrogen-bond donors (Lipinski definition) is 0. The van der Waals surface area contributed by atoms with E-state index in [4.69, 9.17) is 0 Å². The molecule has 1 aromatic rings. The molecule has 1 atom stereocenters. The Kier molecular flexibility index (Phi) is 5.62. The largest absolute Gasteiger partial charge is 0.279 e. The van der Waals surface area contributed by atoms with Crippen molar-refractivity contribution in [3.63, 3.8) is 0 Å². The number of nitrogens with zero attached hydrogens (tertiary/aromatic N) is 1. The van der Waals surface area contributed by atoms with Gasteiger partial charge in [-0.05, 0) is 24.8 Å². The van der Waals surface area contributed by atoms with Crippen molar-refractivity contribution in [2.75, 3.05) is 13.1 Å². The van der Waals surface area contributed by atoms with Crippen LogP contribution in [0.25, 0.3) is 0 Å². The van der Waals surface area contributed by atoms with Crippen molar-refractivity contribution in [3.05, 3.63) is 30.3 Å². The first-order chi connectivity index (χ1) is 8.06. The molecule has 0 heterocycles. The van der Waals surface area contributed by atoms with E-state index >= 15 is 0 Å². The highest BCUT2D eigenvalue weighted by atomic mass is 31.1. The van der Waals surface area contributed by atoms with E-state index in [0.29, 0.717) is 5.16 Å². The van der Waals surface area contributed by atoms with Gasteiger partial charge in [0.05, 0.1) is 0 Å². The molecule has 0 N–H and O–H groups in total. The summed E-state index contributed by atoms with van der Waals surface area (Å²) >= 11 is 0. The second-order valence-electron chi connectivity index (χ2n) is 4.95. The van der Waals surface area contributed by atoms with E-state index in [9.17, 15) is 0 Å². The fourth-order valence-electron chi connectivity index (χ4n) is 2.12. The van der Waals surface area contributed by atoms with Crippen LogP contribution >= 0.6 is 8.07 Å². The molecule has 1 rings (SSSR count). The molecule has 2 heteroatoms. The molecule has 0 aliphatic rings. The minimum absolute atomic E-state index is 0.229. The maximum Gasteiger partial charge on any atom is 0.00198 e. The Morgan fingerprint density at radius 3 is 1.94 bits per heavy atom. The predicted octanol–water partition coefficient (Wildman–Crippen LogP) is 4.24. The summed E-state index contributed by atoms with van der Waals surface area (Å²) < 4.78 is 2.63. The van der Waals surface area contributed by atoms with E-state index in [1.807, 2.05) is 0 Å². The van der Waals surface area contributed by atoms with Gasteiger partial charge in [-0.3, -0.25) is 4.67 Å². The van der Waals surface area contributed by atoms with Gasteiger partial charge in [-0.1, -0.05) is 65.0 Å². The highest BCUT2D eigenvalue weighted by Gasteiger charge is 2.32. The Bertz CT molecular complexity index is 317. The minimum atomic E-state index is -0.229. The molecular weight excluding hydrogens is 225 g/mol. The van der Waals surface area contributed by atoms with E-state index in [-0.39, 0.29) is 8.07 Å². The van der Waals surface area contributed by atoms with Gasteiger partial charge in [0.25, 0.3) is 0 Å². The van der Waals surface area contributed by atoms with Crippen LogP contribution in [0.3, 0.4) is 0 Å². The molecule has 0 aromatic heterocycles. The topological polar surface area (TPSA) is 3.24 Å². The summed E-state index contributed by atoms with van der Waals surface area (Å²) in [6.07, 6.45) is 1.23. The number of benzene rings is 1. The van der Waals surface area contributed by atoms with Crippen molar-refractivity contribution < 1.29 is 0 Å². The van der Waals surface area contributed by atoms with Crippen LogP contribution in [0.2, 0.25) is 0 Å². The molecule has 0 saturated carbocycles. The molecule has 0 spiro atoms. The van der Waals surface area contributed by atoms with Gasteiger partial charge in [-0.2, -0.15) is 0 Å². The molecule has 0 bridgehead atoms. The van der Waals surface area contributed by atoms with Gasteiger partial charge in [-0.25, -0.2) is 0 Å². The quantitative estimate of drug-likeness (QED) is 0.684. The highest BCUT2D eigenvalue weighted by molar-refractivity contribution is 7.64. The predicted molar refractivity (Wildman–Crippen MR) is 80.3 cm³/mol. The SMILES string of the molecule is CCN(CC)P(c1ccccc1)C(C)(C)CC. The lowest BCUT2D eigenvalue weighted by atomic mass is 10.1. The van der Waals surface area contributed by atoms with Gasteiger partial charge < -0.3 is 0 Å². The van der Waals surface area contributed by atoms with Gasteiger partial charge in [-0.15, -0.1) is 0 Å². The molecule has 1 aromatic carbocycles. The second kappa shape index (κ2) is 6.52.